The Morgan fingerprint density at radius 2 is 2.05 bits per heavy atom. The van der Waals surface area contributed by atoms with Crippen LogP contribution in [-0.4, -0.2) is 18.6 Å². The number of nitrogens with two attached hydrogens (primary N) is 1. The molecule has 2 aliphatic rings. The predicted molar refractivity (Wildman–Crippen MR) is 81.5 cm³/mol. The Bertz CT molecular complexity index is 423. The van der Waals surface area contributed by atoms with E-state index in [2.05, 4.69) is 36.1 Å². The minimum atomic E-state index is 0.256. The van der Waals surface area contributed by atoms with Gasteiger partial charge in [-0.15, -0.1) is 0 Å². The molecule has 1 aromatic rings. The van der Waals surface area contributed by atoms with Crippen molar-refractivity contribution < 1.29 is 0 Å². The fourth-order valence-electron chi connectivity index (χ4n) is 3.60. The van der Waals surface area contributed by atoms with Crippen LogP contribution in [0.1, 0.15) is 44.6 Å². The molecule has 1 heterocycles. The molecule has 0 bridgehead atoms. The smallest absolute Gasteiger partial charge is 0.0441 e. The lowest BCUT2D eigenvalue weighted by Crippen LogP contribution is -2.50. The van der Waals surface area contributed by atoms with Gasteiger partial charge in [0.25, 0.3) is 0 Å². The van der Waals surface area contributed by atoms with Gasteiger partial charge in [0.1, 0.15) is 0 Å². The van der Waals surface area contributed by atoms with Crippen LogP contribution in [0.5, 0.6) is 0 Å². The highest BCUT2D eigenvalue weighted by molar-refractivity contribution is 5.56. The summed E-state index contributed by atoms with van der Waals surface area (Å²) in [6, 6.07) is 9.67. The molecule has 2 heteroatoms. The van der Waals surface area contributed by atoms with Crippen LogP contribution in [-0.2, 0) is 6.42 Å². The SMILES string of the molecule is CC(N)C(CC1CCC1)N1CCCc2ccccc21. The molecule has 2 N–H and O–H groups in total. The Labute approximate surface area is 117 Å². The molecule has 19 heavy (non-hydrogen) atoms. The Morgan fingerprint density at radius 3 is 2.74 bits per heavy atom. The second-order valence-electron chi connectivity index (χ2n) is 6.38. The average molecular weight is 258 g/mol. The Morgan fingerprint density at radius 1 is 1.26 bits per heavy atom. The standard InChI is InChI=1S/C17H26N2/c1-13(18)17(12-14-6-4-7-14)19-11-5-9-15-8-2-3-10-16(15)19/h2-3,8,10,13-14,17H,4-7,9,11-12,18H2,1H3. The quantitative estimate of drug-likeness (QED) is 0.897. The molecule has 0 amide bonds. The number of fused-ring (bicyclic) bond motifs is 1. The number of hydrogen-bond acceptors (Lipinski definition) is 2. The van der Waals surface area contributed by atoms with Crippen LogP contribution in [0.25, 0.3) is 0 Å². The second-order valence-corrected chi connectivity index (χ2v) is 6.38. The first kappa shape index (κ1) is 13.0. The zero-order valence-electron chi connectivity index (χ0n) is 12.0. The summed E-state index contributed by atoms with van der Waals surface area (Å²) in [6.45, 7) is 3.36. The van der Waals surface area contributed by atoms with Gasteiger partial charge >= 0.3 is 0 Å². The van der Waals surface area contributed by atoms with Crippen LogP contribution in [0, 0.1) is 5.92 Å². The van der Waals surface area contributed by atoms with Crippen LogP contribution in [0.4, 0.5) is 5.69 Å². The van der Waals surface area contributed by atoms with E-state index in [4.69, 9.17) is 5.73 Å². The monoisotopic (exact) mass is 258 g/mol. The van der Waals surface area contributed by atoms with E-state index in [0.29, 0.717) is 6.04 Å². The summed E-state index contributed by atoms with van der Waals surface area (Å²) in [5.74, 6) is 0.921. The summed E-state index contributed by atoms with van der Waals surface area (Å²) in [5, 5.41) is 0. The lowest BCUT2D eigenvalue weighted by Gasteiger charge is -2.42. The van der Waals surface area contributed by atoms with Crippen molar-refractivity contribution in [2.24, 2.45) is 11.7 Å². The topological polar surface area (TPSA) is 29.3 Å². The molecule has 0 spiro atoms. The van der Waals surface area contributed by atoms with E-state index in [1.165, 1.54) is 56.3 Å². The molecule has 1 aliphatic heterocycles. The third kappa shape index (κ3) is 2.64. The van der Waals surface area contributed by atoms with E-state index in [9.17, 15) is 0 Å². The first-order valence-electron chi connectivity index (χ1n) is 7.86. The van der Waals surface area contributed by atoms with Gasteiger partial charge in [-0.05, 0) is 43.7 Å². The highest BCUT2D eigenvalue weighted by Gasteiger charge is 2.30. The van der Waals surface area contributed by atoms with Gasteiger partial charge in [0.05, 0.1) is 0 Å². The number of aryl methyl sites for hydroxylation is 1. The molecular formula is C17H26N2. The number of anilines is 1. The third-order valence-electron chi connectivity index (χ3n) is 4.95. The summed E-state index contributed by atoms with van der Waals surface area (Å²) < 4.78 is 0. The molecule has 104 valence electrons. The Hall–Kier alpha value is -1.02. The molecule has 1 saturated carbocycles. The largest absolute Gasteiger partial charge is 0.367 e. The van der Waals surface area contributed by atoms with Crippen LogP contribution < -0.4 is 10.6 Å². The number of para-hydroxylation sites is 1. The van der Waals surface area contributed by atoms with E-state index >= 15 is 0 Å². The Kier molecular flexibility index (Phi) is 3.79. The maximum absolute atomic E-state index is 6.31. The zero-order chi connectivity index (χ0) is 13.2. The highest BCUT2D eigenvalue weighted by Crippen LogP contribution is 2.36. The van der Waals surface area contributed by atoms with Gasteiger partial charge in [-0.25, -0.2) is 0 Å². The normalized spacial score (nSPS) is 22.5. The number of benzene rings is 1. The van der Waals surface area contributed by atoms with Gasteiger partial charge in [0.15, 0.2) is 0 Å². The lowest BCUT2D eigenvalue weighted by molar-refractivity contribution is 0.259. The third-order valence-corrected chi connectivity index (χ3v) is 4.95. The van der Waals surface area contributed by atoms with Crippen LogP contribution in [0.3, 0.4) is 0 Å². The number of rotatable bonds is 4. The second kappa shape index (κ2) is 5.54. The van der Waals surface area contributed by atoms with E-state index in [0.717, 1.165) is 5.92 Å². The fraction of sp³-hybridized carbons (Fsp3) is 0.647. The van der Waals surface area contributed by atoms with Gasteiger partial charge in [-0.1, -0.05) is 37.5 Å². The van der Waals surface area contributed by atoms with Gasteiger partial charge < -0.3 is 10.6 Å². The van der Waals surface area contributed by atoms with E-state index in [1.807, 2.05) is 0 Å². The van der Waals surface area contributed by atoms with Crippen molar-refractivity contribution in [3.8, 4) is 0 Å². The minimum Gasteiger partial charge on any atom is -0.367 e. The van der Waals surface area contributed by atoms with E-state index in [-0.39, 0.29) is 6.04 Å². The van der Waals surface area contributed by atoms with Crippen molar-refractivity contribution in [3.05, 3.63) is 29.8 Å². The molecule has 0 aromatic heterocycles. The summed E-state index contributed by atoms with van der Waals surface area (Å²) in [7, 11) is 0. The molecule has 1 aliphatic carbocycles. The molecule has 0 radical (unpaired) electrons. The van der Waals surface area contributed by atoms with Crippen molar-refractivity contribution >= 4 is 5.69 Å². The molecule has 2 unspecified atom stereocenters. The first-order valence-corrected chi connectivity index (χ1v) is 7.86. The summed E-state index contributed by atoms with van der Waals surface area (Å²) in [4.78, 5) is 2.60. The van der Waals surface area contributed by atoms with Crippen molar-refractivity contribution in [2.75, 3.05) is 11.4 Å². The minimum absolute atomic E-state index is 0.256. The molecular weight excluding hydrogens is 232 g/mol. The van der Waals surface area contributed by atoms with E-state index in [1.54, 1.807) is 0 Å². The van der Waals surface area contributed by atoms with Crippen LogP contribution >= 0.6 is 0 Å². The van der Waals surface area contributed by atoms with Crippen LogP contribution in [0.2, 0.25) is 0 Å². The van der Waals surface area contributed by atoms with Gasteiger partial charge in [0.2, 0.25) is 0 Å². The zero-order valence-corrected chi connectivity index (χ0v) is 12.0. The average Bonchev–Trinajstić information content (AvgIpc) is 2.37. The fourth-order valence-corrected chi connectivity index (χ4v) is 3.60. The number of hydrogen-bond donors (Lipinski definition) is 1. The molecule has 1 fully saturated rings. The maximum atomic E-state index is 6.31. The van der Waals surface area contributed by atoms with Crippen molar-refractivity contribution in [1.29, 1.82) is 0 Å². The maximum Gasteiger partial charge on any atom is 0.0441 e. The molecule has 2 atom stereocenters. The van der Waals surface area contributed by atoms with Crippen molar-refractivity contribution in [2.45, 2.75) is 57.5 Å². The first-order chi connectivity index (χ1) is 9.25. The van der Waals surface area contributed by atoms with Gasteiger partial charge in [0, 0.05) is 24.3 Å². The summed E-state index contributed by atoms with van der Waals surface area (Å²) in [6.07, 6.45) is 8.03. The lowest BCUT2D eigenvalue weighted by atomic mass is 9.79. The molecule has 0 saturated heterocycles. The van der Waals surface area contributed by atoms with Gasteiger partial charge in [-0.2, -0.15) is 0 Å². The Balaban J connectivity index is 1.82. The van der Waals surface area contributed by atoms with Crippen molar-refractivity contribution in [1.82, 2.24) is 0 Å². The van der Waals surface area contributed by atoms with Crippen LogP contribution in [0.15, 0.2) is 24.3 Å². The molecule has 2 nitrogen and oxygen atoms in total. The highest BCUT2D eigenvalue weighted by atomic mass is 15.2. The van der Waals surface area contributed by atoms with E-state index < -0.39 is 0 Å². The molecule has 3 rings (SSSR count). The van der Waals surface area contributed by atoms with Crippen molar-refractivity contribution in [3.63, 3.8) is 0 Å². The summed E-state index contributed by atoms with van der Waals surface area (Å²) >= 11 is 0. The predicted octanol–water partition coefficient (Wildman–Crippen LogP) is 3.35. The van der Waals surface area contributed by atoms with Gasteiger partial charge in [-0.3, -0.25) is 0 Å². The number of nitrogens with zero attached hydrogens (tertiary/aromatic N) is 1. The summed E-state index contributed by atoms with van der Waals surface area (Å²) in [5.41, 5.74) is 9.26. The molecule has 1 aromatic carbocycles.